The molecular formula is C20H23NO. The minimum Gasteiger partial charge on any atom is -0.391 e. The predicted molar refractivity (Wildman–Crippen MR) is 91.4 cm³/mol. The molecule has 0 radical (unpaired) electrons. The number of benzene rings is 2. The number of nitrogens with zero attached hydrogens (tertiary/aromatic N) is 1. The van der Waals surface area contributed by atoms with Crippen molar-refractivity contribution in [3.8, 4) is 0 Å². The van der Waals surface area contributed by atoms with Crippen LogP contribution in [0.5, 0.6) is 0 Å². The van der Waals surface area contributed by atoms with E-state index in [1.165, 1.54) is 27.8 Å². The van der Waals surface area contributed by atoms with Crippen LogP contribution in [0.3, 0.4) is 0 Å². The molecule has 2 nitrogen and oxygen atoms in total. The van der Waals surface area contributed by atoms with E-state index < -0.39 is 0 Å². The average molecular weight is 293 g/mol. The Morgan fingerprint density at radius 2 is 1.68 bits per heavy atom. The van der Waals surface area contributed by atoms with E-state index in [2.05, 4.69) is 62.3 Å². The fourth-order valence-corrected chi connectivity index (χ4v) is 2.90. The van der Waals surface area contributed by atoms with Crippen molar-refractivity contribution in [2.45, 2.75) is 46.6 Å². The summed E-state index contributed by atoms with van der Waals surface area (Å²) in [5.41, 5.74) is 8.89. The highest BCUT2D eigenvalue weighted by Crippen LogP contribution is 2.25. The van der Waals surface area contributed by atoms with E-state index in [1.54, 1.807) is 0 Å². The van der Waals surface area contributed by atoms with Gasteiger partial charge in [0.2, 0.25) is 0 Å². The fourth-order valence-electron chi connectivity index (χ4n) is 2.90. The Morgan fingerprint density at radius 1 is 0.955 bits per heavy atom. The molecule has 0 aliphatic heterocycles. The zero-order chi connectivity index (χ0) is 15.5. The summed E-state index contributed by atoms with van der Waals surface area (Å²) in [6.45, 7) is 6.96. The van der Waals surface area contributed by atoms with Crippen LogP contribution in [0.25, 0.3) is 0 Å². The fraction of sp³-hybridized carbons (Fsp3) is 0.350. The molecule has 0 heterocycles. The molecule has 114 valence electrons. The topological polar surface area (TPSA) is 21.6 Å². The summed E-state index contributed by atoms with van der Waals surface area (Å²) in [4.78, 5) is 5.61. The van der Waals surface area contributed by atoms with E-state index in [1.807, 2.05) is 0 Å². The Balaban J connectivity index is 1.76. The zero-order valence-electron chi connectivity index (χ0n) is 13.6. The Kier molecular flexibility index (Phi) is 4.28. The number of hydrogen-bond donors (Lipinski definition) is 0. The molecule has 22 heavy (non-hydrogen) atoms. The van der Waals surface area contributed by atoms with Crippen molar-refractivity contribution in [1.82, 2.24) is 0 Å². The van der Waals surface area contributed by atoms with Gasteiger partial charge in [0.05, 0.1) is 5.71 Å². The van der Waals surface area contributed by atoms with E-state index in [0.29, 0.717) is 6.61 Å². The van der Waals surface area contributed by atoms with Crippen molar-refractivity contribution in [3.05, 3.63) is 69.8 Å². The van der Waals surface area contributed by atoms with E-state index in [4.69, 9.17) is 4.84 Å². The highest BCUT2D eigenvalue weighted by Gasteiger charge is 2.17. The van der Waals surface area contributed by atoms with E-state index in [-0.39, 0.29) is 0 Å². The summed E-state index contributed by atoms with van der Waals surface area (Å²) < 4.78 is 0. The minimum absolute atomic E-state index is 0.532. The molecular weight excluding hydrogens is 270 g/mol. The quantitative estimate of drug-likeness (QED) is 0.740. The second kappa shape index (κ2) is 6.35. The highest BCUT2D eigenvalue weighted by atomic mass is 16.6. The molecule has 1 aliphatic rings. The van der Waals surface area contributed by atoms with Crippen LogP contribution in [0.15, 0.2) is 41.6 Å². The smallest absolute Gasteiger partial charge is 0.142 e. The Bertz CT molecular complexity index is 698. The van der Waals surface area contributed by atoms with Crippen LogP contribution in [-0.4, -0.2) is 5.71 Å². The van der Waals surface area contributed by atoms with Gasteiger partial charge in [-0.1, -0.05) is 41.1 Å². The van der Waals surface area contributed by atoms with Crippen LogP contribution < -0.4 is 0 Å². The maximum atomic E-state index is 5.61. The molecule has 0 unspecified atom stereocenters. The number of hydrogen-bond acceptors (Lipinski definition) is 2. The van der Waals surface area contributed by atoms with Gasteiger partial charge in [-0.05, 0) is 68.4 Å². The summed E-state index contributed by atoms with van der Waals surface area (Å²) in [6.07, 6.45) is 3.30. The summed E-state index contributed by atoms with van der Waals surface area (Å²) in [7, 11) is 0. The molecule has 0 fully saturated rings. The first kappa shape index (κ1) is 14.8. The molecule has 0 N–H and O–H groups in total. The number of oxime groups is 1. The van der Waals surface area contributed by atoms with Gasteiger partial charge in [0.25, 0.3) is 0 Å². The maximum absolute atomic E-state index is 5.61. The largest absolute Gasteiger partial charge is 0.391 e. The number of fused-ring (bicyclic) bond motifs is 1. The van der Waals surface area contributed by atoms with Gasteiger partial charge in [0.1, 0.15) is 6.61 Å². The van der Waals surface area contributed by atoms with Crippen LogP contribution in [0.4, 0.5) is 0 Å². The van der Waals surface area contributed by atoms with Crippen molar-refractivity contribution in [2.24, 2.45) is 5.16 Å². The van der Waals surface area contributed by atoms with Gasteiger partial charge in [-0.2, -0.15) is 0 Å². The zero-order valence-corrected chi connectivity index (χ0v) is 13.6. The number of rotatable bonds is 3. The molecule has 2 heteroatoms. The number of aryl methyl sites for hydroxylation is 4. The molecule has 0 spiro atoms. The highest BCUT2D eigenvalue weighted by molar-refractivity contribution is 6.02. The Hall–Kier alpha value is -2.09. The maximum Gasteiger partial charge on any atom is 0.142 e. The monoisotopic (exact) mass is 293 g/mol. The Morgan fingerprint density at radius 3 is 2.45 bits per heavy atom. The standard InChI is InChI=1S/C20H23NO/c1-14-7-9-17(10-8-14)13-22-21-20-6-4-5-18-11-15(2)16(3)12-19(18)20/h7-12H,4-6,13H2,1-3H3/b21-20+. The molecule has 2 aromatic rings. The van der Waals surface area contributed by atoms with E-state index in [0.717, 1.165) is 30.5 Å². The normalized spacial score (nSPS) is 15.7. The lowest BCUT2D eigenvalue weighted by atomic mass is 9.87. The van der Waals surface area contributed by atoms with Crippen molar-refractivity contribution in [2.75, 3.05) is 0 Å². The molecule has 0 saturated carbocycles. The van der Waals surface area contributed by atoms with Crippen LogP contribution in [0.2, 0.25) is 0 Å². The predicted octanol–water partition coefficient (Wildman–Crippen LogP) is 4.87. The molecule has 1 aliphatic carbocycles. The lowest BCUT2D eigenvalue weighted by Gasteiger charge is -2.19. The van der Waals surface area contributed by atoms with Gasteiger partial charge in [-0.3, -0.25) is 0 Å². The summed E-state index contributed by atoms with van der Waals surface area (Å²) >= 11 is 0. The summed E-state index contributed by atoms with van der Waals surface area (Å²) in [6, 6.07) is 13.0. The van der Waals surface area contributed by atoms with Crippen LogP contribution >= 0.6 is 0 Å². The van der Waals surface area contributed by atoms with Crippen molar-refractivity contribution < 1.29 is 4.84 Å². The molecule has 2 aromatic carbocycles. The third kappa shape index (κ3) is 3.22. The average Bonchev–Trinajstić information content (AvgIpc) is 2.51. The van der Waals surface area contributed by atoms with E-state index in [9.17, 15) is 0 Å². The second-order valence-corrected chi connectivity index (χ2v) is 6.24. The van der Waals surface area contributed by atoms with Crippen molar-refractivity contribution >= 4 is 5.71 Å². The van der Waals surface area contributed by atoms with Gasteiger partial charge in [0, 0.05) is 5.56 Å². The first-order valence-corrected chi connectivity index (χ1v) is 7.98. The van der Waals surface area contributed by atoms with Crippen LogP contribution in [0.1, 0.15) is 46.2 Å². The molecule has 0 atom stereocenters. The van der Waals surface area contributed by atoms with Gasteiger partial charge in [-0.15, -0.1) is 0 Å². The first-order chi connectivity index (χ1) is 10.6. The molecule has 0 amide bonds. The third-order valence-electron chi connectivity index (χ3n) is 4.42. The molecule has 0 aromatic heterocycles. The second-order valence-electron chi connectivity index (χ2n) is 6.24. The first-order valence-electron chi connectivity index (χ1n) is 7.98. The van der Waals surface area contributed by atoms with E-state index >= 15 is 0 Å². The lowest BCUT2D eigenvalue weighted by Crippen LogP contribution is -2.13. The van der Waals surface area contributed by atoms with Crippen LogP contribution in [0, 0.1) is 20.8 Å². The summed E-state index contributed by atoms with van der Waals surface area (Å²) in [5.74, 6) is 0. The van der Waals surface area contributed by atoms with Crippen molar-refractivity contribution in [1.29, 1.82) is 0 Å². The van der Waals surface area contributed by atoms with Gasteiger partial charge in [0.15, 0.2) is 0 Å². The van der Waals surface area contributed by atoms with Crippen LogP contribution in [-0.2, 0) is 17.9 Å². The van der Waals surface area contributed by atoms with Crippen molar-refractivity contribution in [3.63, 3.8) is 0 Å². The van der Waals surface area contributed by atoms with Gasteiger partial charge >= 0.3 is 0 Å². The summed E-state index contributed by atoms with van der Waals surface area (Å²) in [5, 5.41) is 4.43. The molecule has 3 rings (SSSR count). The molecule has 0 saturated heterocycles. The third-order valence-corrected chi connectivity index (χ3v) is 4.42. The lowest BCUT2D eigenvalue weighted by molar-refractivity contribution is 0.130. The van der Waals surface area contributed by atoms with Gasteiger partial charge < -0.3 is 4.84 Å². The Labute approximate surface area is 132 Å². The van der Waals surface area contributed by atoms with Gasteiger partial charge in [-0.25, -0.2) is 0 Å². The SMILES string of the molecule is Cc1ccc(CO/N=C2\CCCc3cc(C)c(C)cc32)cc1. The minimum atomic E-state index is 0.532. The molecule has 0 bridgehead atoms.